The Kier molecular flexibility index (Phi) is 3.38. The van der Waals surface area contributed by atoms with Crippen LogP contribution in [0.4, 0.5) is 8.78 Å². The van der Waals surface area contributed by atoms with Crippen molar-refractivity contribution in [1.82, 2.24) is 4.90 Å². The smallest absolute Gasteiger partial charge is 0.315 e. The Labute approximate surface area is 79.5 Å². The Morgan fingerprint density at radius 3 is 2.57 bits per heavy atom. The van der Waals surface area contributed by atoms with Crippen LogP contribution in [0.15, 0.2) is 0 Å². The van der Waals surface area contributed by atoms with Crippen LogP contribution >= 0.6 is 0 Å². The van der Waals surface area contributed by atoms with Crippen LogP contribution < -0.4 is 0 Å². The van der Waals surface area contributed by atoms with Gasteiger partial charge in [0.1, 0.15) is 0 Å². The van der Waals surface area contributed by atoms with Crippen molar-refractivity contribution in [2.75, 3.05) is 13.1 Å². The van der Waals surface area contributed by atoms with Crippen LogP contribution in [-0.4, -0.2) is 41.4 Å². The van der Waals surface area contributed by atoms with Crippen LogP contribution in [0, 0.1) is 5.92 Å². The zero-order valence-electron chi connectivity index (χ0n) is 7.45. The predicted molar refractivity (Wildman–Crippen MR) is 42.9 cm³/mol. The molecular weight excluding hydrogens is 196 g/mol. The Morgan fingerprint density at radius 1 is 1.43 bits per heavy atom. The third-order valence-electron chi connectivity index (χ3n) is 2.27. The van der Waals surface area contributed by atoms with Crippen molar-refractivity contribution in [3.8, 4) is 0 Å². The van der Waals surface area contributed by atoms with Crippen LogP contribution in [0.1, 0.15) is 12.8 Å². The summed E-state index contributed by atoms with van der Waals surface area (Å²) in [5.41, 5.74) is 0. The fourth-order valence-corrected chi connectivity index (χ4v) is 1.52. The minimum Gasteiger partial charge on any atom is -0.481 e. The topological polar surface area (TPSA) is 57.6 Å². The average molecular weight is 207 g/mol. The summed E-state index contributed by atoms with van der Waals surface area (Å²) in [7, 11) is 0. The van der Waals surface area contributed by atoms with Gasteiger partial charge in [-0.05, 0) is 12.8 Å². The number of carboxylic acid groups (broad SMARTS) is 1. The fourth-order valence-electron chi connectivity index (χ4n) is 1.52. The number of likely N-dealkylation sites (tertiary alicyclic amines) is 1. The molecule has 4 nitrogen and oxygen atoms in total. The van der Waals surface area contributed by atoms with Gasteiger partial charge >= 0.3 is 12.4 Å². The first-order chi connectivity index (χ1) is 6.52. The highest BCUT2D eigenvalue weighted by Crippen LogP contribution is 2.17. The summed E-state index contributed by atoms with van der Waals surface area (Å²) in [6.07, 6.45) is -2.12. The summed E-state index contributed by atoms with van der Waals surface area (Å²) in [5, 5.41) is 8.65. The van der Waals surface area contributed by atoms with E-state index in [0.717, 1.165) is 4.90 Å². The molecule has 0 bridgehead atoms. The van der Waals surface area contributed by atoms with Crippen molar-refractivity contribution in [3.05, 3.63) is 0 Å². The molecule has 0 aromatic carbocycles. The maximum absolute atomic E-state index is 12.0. The molecule has 1 rings (SSSR count). The number of carboxylic acids is 1. The van der Waals surface area contributed by atoms with E-state index < -0.39 is 24.2 Å². The molecule has 0 spiro atoms. The van der Waals surface area contributed by atoms with Crippen LogP contribution in [-0.2, 0) is 9.59 Å². The van der Waals surface area contributed by atoms with Crippen LogP contribution in [0.3, 0.4) is 0 Å². The molecule has 1 fully saturated rings. The zero-order valence-corrected chi connectivity index (χ0v) is 7.45. The summed E-state index contributed by atoms with van der Waals surface area (Å²) < 4.78 is 24.0. The molecule has 1 amide bonds. The molecule has 1 aliphatic heterocycles. The monoisotopic (exact) mass is 207 g/mol. The quantitative estimate of drug-likeness (QED) is 0.720. The Morgan fingerprint density at radius 2 is 2.07 bits per heavy atom. The predicted octanol–water partition coefficient (Wildman–Crippen LogP) is 0.575. The molecule has 1 N–H and O–H groups in total. The molecule has 80 valence electrons. The summed E-state index contributed by atoms with van der Waals surface area (Å²) in [6, 6.07) is 0. The number of aliphatic carboxylic acids is 1. The first kappa shape index (κ1) is 10.9. The van der Waals surface area contributed by atoms with Gasteiger partial charge in [0, 0.05) is 13.1 Å². The lowest BCUT2D eigenvalue weighted by Gasteiger charge is -2.30. The van der Waals surface area contributed by atoms with Crippen LogP contribution in [0.2, 0.25) is 0 Å². The highest BCUT2D eigenvalue weighted by molar-refractivity contribution is 5.80. The van der Waals surface area contributed by atoms with Crippen molar-refractivity contribution in [3.63, 3.8) is 0 Å². The molecule has 0 aliphatic carbocycles. The van der Waals surface area contributed by atoms with Crippen molar-refractivity contribution >= 4 is 11.9 Å². The molecule has 6 heteroatoms. The van der Waals surface area contributed by atoms with Gasteiger partial charge in [0.05, 0.1) is 5.92 Å². The number of halogens is 2. The van der Waals surface area contributed by atoms with Crippen LogP contribution in [0.5, 0.6) is 0 Å². The van der Waals surface area contributed by atoms with Gasteiger partial charge in [-0.15, -0.1) is 0 Å². The van der Waals surface area contributed by atoms with Gasteiger partial charge in [-0.25, -0.2) is 0 Å². The number of alkyl halides is 2. The van der Waals surface area contributed by atoms with Gasteiger partial charge in [0.25, 0.3) is 5.91 Å². The van der Waals surface area contributed by atoms with E-state index in [1.807, 2.05) is 0 Å². The summed E-state index contributed by atoms with van der Waals surface area (Å²) in [6.45, 7) is 0.130. The molecule has 1 atom stereocenters. The number of carbonyl (C=O) groups excluding carboxylic acids is 1. The Hall–Kier alpha value is -1.20. The SMILES string of the molecule is O=C(O)C1CCCN(C(=O)C(F)F)C1. The minimum atomic E-state index is -3.04. The van der Waals surface area contributed by atoms with Crippen molar-refractivity contribution in [2.24, 2.45) is 5.92 Å². The molecule has 0 aromatic rings. The van der Waals surface area contributed by atoms with Gasteiger partial charge < -0.3 is 10.0 Å². The number of piperidine rings is 1. The van der Waals surface area contributed by atoms with Crippen molar-refractivity contribution in [1.29, 1.82) is 0 Å². The summed E-state index contributed by atoms with van der Waals surface area (Å²) >= 11 is 0. The first-order valence-electron chi connectivity index (χ1n) is 4.32. The summed E-state index contributed by atoms with van der Waals surface area (Å²) in [4.78, 5) is 22.3. The maximum Gasteiger partial charge on any atom is 0.315 e. The lowest BCUT2D eigenvalue weighted by atomic mass is 9.98. The number of amides is 1. The average Bonchev–Trinajstić information content (AvgIpc) is 2.16. The van der Waals surface area contributed by atoms with E-state index in [9.17, 15) is 18.4 Å². The first-order valence-corrected chi connectivity index (χ1v) is 4.32. The second-order valence-corrected chi connectivity index (χ2v) is 3.26. The Balaban J connectivity index is 2.56. The van der Waals surface area contributed by atoms with E-state index in [-0.39, 0.29) is 13.1 Å². The van der Waals surface area contributed by atoms with Gasteiger partial charge in [0.15, 0.2) is 0 Å². The molecule has 1 saturated heterocycles. The molecule has 0 saturated carbocycles. The molecule has 14 heavy (non-hydrogen) atoms. The highest BCUT2D eigenvalue weighted by Gasteiger charge is 2.31. The Bertz CT molecular complexity index is 245. The number of hydrogen-bond acceptors (Lipinski definition) is 2. The van der Waals surface area contributed by atoms with E-state index in [4.69, 9.17) is 5.11 Å². The van der Waals surface area contributed by atoms with E-state index >= 15 is 0 Å². The number of hydrogen-bond donors (Lipinski definition) is 1. The van der Waals surface area contributed by atoms with Gasteiger partial charge in [-0.3, -0.25) is 9.59 Å². The number of rotatable bonds is 2. The standard InChI is InChI=1S/C8H11F2NO3/c9-6(10)7(12)11-3-1-2-5(4-11)8(13)14/h5-6H,1-4H2,(H,13,14). The largest absolute Gasteiger partial charge is 0.481 e. The van der Waals surface area contributed by atoms with E-state index in [2.05, 4.69) is 0 Å². The third kappa shape index (κ3) is 2.40. The van der Waals surface area contributed by atoms with Crippen molar-refractivity contribution in [2.45, 2.75) is 19.3 Å². The van der Waals surface area contributed by atoms with Gasteiger partial charge in [0.2, 0.25) is 0 Å². The fraction of sp³-hybridized carbons (Fsp3) is 0.750. The van der Waals surface area contributed by atoms with E-state index in [1.165, 1.54) is 0 Å². The molecule has 0 aromatic heterocycles. The second kappa shape index (κ2) is 4.34. The second-order valence-electron chi connectivity index (χ2n) is 3.26. The lowest BCUT2D eigenvalue weighted by Crippen LogP contribution is -2.44. The van der Waals surface area contributed by atoms with E-state index in [0.29, 0.717) is 12.8 Å². The molecule has 1 aliphatic rings. The molecule has 1 unspecified atom stereocenters. The van der Waals surface area contributed by atoms with Gasteiger partial charge in [-0.1, -0.05) is 0 Å². The molecule has 1 heterocycles. The number of carbonyl (C=O) groups is 2. The molecular formula is C8H11F2NO3. The lowest BCUT2D eigenvalue weighted by molar-refractivity contribution is -0.150. The minimum absolute atomic E-state index is 0.0987. The highest BCUT2D eigenvalue weighted by atomic mass is 19.3. The van der Waals surface area contributed by atoms with Crippen molar-refractivity contribution < 1.29 is 23.5 Å². The maximum atomic E-state index is 12.0. The molecule has 0 radical (unpaired) electrons. The summed E-state index contributed by atoms with van der Waals surface area (Å²) in [5.74, 6) is -3.00. The normalized spacial score (nSPS) is 22.5. The van der Waals surface area contributed by atoms with E-state index in [1.54, 1.807) is 0 Å². The number of nitrogens with zero attached hydrogens (tertiary/aromatic N) is 1. The van der Waals surface area contributed by atoms with Crippen LogP contribution in [0.25, 0.3) is 0 Å². The zero-order chi connectivity index (χ0) is 10.7. The third-order valence-corrected chi connectivity index (χ3v) is 2.27. The van der Waals surface area contributed by atoms with Gasteiger partial charge in [-0.2, -0.15) is 8.78 Å².